The maximum absolute atomic E-state index is 11.6. The lowest BCUT2D eigenvalue weighted by molar-refractivity contribution is -0.141. The molecule has 0 aromatic rings. The molecule has 0 bridgehead atoms. The summed E-state index contributed by atoms with van der Waals surface area (Å²) in [6, 6.07) is -0.459. The number of carbonyl (C=O) groups excluding carboxylic acids is 1. The highest BCUT2D eigenvalue weighted by Crippen LogP contribution is 2.02. The maximum atomic E-state index is 11.6. The average Bonchev–Trinajstić information content (AvgIpc) is 2.25. The highest BCUT2D eigenvalue weighted by molar-refractivity contribution is 5.81. The van der Waals surface area contributed by atoms with Crippen molar-refractivity contribution >= 4 is 5.91 Å². The van der Waals surface area contributed by atoms with Crippen molar-refractivity contribution in [2.75, 3.05) is 19.8 Å². The molecule has 1 amide bonds. The van der Waals surface area contributed by atoms with Crippen LogP contribution >= 0.6 is 0 Å². The zero-order valence-corrected chi connectivity index (χ0v) is 11.4. The van der Waals surface area contributed by atoms with Crippen LogP contribution in [0.4, 0.5) is 0 Å². The van der Waals surface area contributed by atoms with E-state index >= 15 is 0 Å². The van der Waals surface area contributed by atoms with Crippen molar-refractivity contribution in [3.63, 3.8) is 0 Å². The van der Waals surface area contributed by atoms with Crippen LogP contribution in [0.1, 0.15) is 34.1 Å². The number of rotatable bonds is 9. The Hall–Kier alpha value is -0.650. The Morgan fingerprint density at radius 1 is 1.24 bits per heavy atom. The molecule has 0 aliphatic carbocycles. The van der Waals surface area contributed by atoms with Crippen molar-refractivity contribution in [1.29, 1.82) is 0 Å². The maximum Gasteiger partial charge on any atom is 0.237 e. The first kappa shape index (κ1) is 16.4. The van der Waals surface area contributed by atoms with Crippen LogP contribution in [0.3, 0.4) is 0 Å². The summed E-state index contributed by atoms with van der Waals surface area (Å²) in [5.41, 5.74) is 5.76. The minimum atomic E-state index is -0.459. The van der Waals surface area contributed by atoms with E-state index in [9.17, 15) is 4.79 Å². The molecule has 0 radical (unpaired) electrons. The van der Waals surface area contributed by atoms with Crippen LogP contribution < -0.4 is 11.1 Å². The molecule has 0 aromatic carbocycles. The van der Waals surface area contributed by atoms with E-state index in [2.05, 4.69) is 5.32 Å². The van der Waals surface area contributed by atoms with Crippen molar-refractivity contribution in [2.45, 2.75) is 46.4 Å². The topological polar surface area (TPSA) is 73.6 Å². The van der Waals surface area contributed by atoms with Crippen molar-refractivity contribution in [2.24, 2.45) is 11.7 Å². The summed E-state index contributed by atoms with van der Waals surface area (Å²) >= 11 is 0. The largest absolute Gasteiger partial charge is 0.351 e. The first-order valence-corrected chi connectivity index (χ1v) is 6.27. The number of hydrogen-bond acceptors (Lipinski definition) is 4. The predicted octanol–water partition coefficient (Wildman–Crippen LogP) is 0.875. The molecule has 0 aliphatic heterocycles. The molecule has 0 fully saturated rings. The number of hydrogen-bond donors (Lipinski definition) is 2. The Morgan fingerprint density at radius 3 is 2.18 bits per heavy atom. The summed E-state index contributed by atoms with van der Waals surface area (Å²) in [7, 11) is 0. The third-order valence-corrected chi connectivity index (χ3v) is 2.21. The molecule has 0 unspecified atom stereocenters. The van der Waals surface area contributed by atoms with Gasteiger partial charge in [0.2, 0.25) is 5.91 Å². The second-order valence-corrected chi connectivity index (χ2v) is 4.32. The Bertz CT molecular complexity index is 204. The molecule has 1 atom stereocenters. The van der Waals surface area contributed by atoms with Crippen LogP contribution in [-0.2, 0) is 14.3 Å². The van der Waals surface area contributed by atoms with E-state index in [0.29, 0.717) is 32.1 Å². The van der Waals surface area contributed by atoms with Gasteiger partial charge >= 0.3 is 0 Å². The van der Waals surface area contributed by atoms with Crippen LogP contribution in [-0.4, -0.2) is 38.0 Å². The van der Waals surface area contributed by atoms with Gasteiger partial charge in [0.15, 0.2) is 6.29 Å². The Morgan fingerprint density at radius 2 is 1.76 bits per heavy atom. The predicted molar refractivity (Wildman–Crippen MR) is 67.5 cm³/mol. The molecule has 0 saturated heterocycles. The summed E-state index contributed by atoms with van der Waals surface area (Å²) < 4.78 is 10.6. The Labute approximate surface area is 104 Å². The molecule has 3 N–H and O–H groups in total. The Kier molecular flexibility index (Phi) is 9.03. The van der Waals surface area contributed by atoms with Gasteiger partial charge in [-0.3, -0.25) is 4.79 Å². The summed E-state index contributed by atoms with van der Waals surface area (Å²) in [5, 5.41) is 2.74. The molecular formula is C12H26N2O3. The summed E-state index contributed by atoms with van der Waals surface area (Å²) in [6.07, 6.45) is 0.292. The third-order valence-electron chi connectivity index (χ3n) is 2.21. The van der Waals surface area contributed by atoms with Gasteiger partial charge in [0.1, 0.15) is 0 Å². The number of nitrogens with two attached hydrogens (primary N) is 1. The zero-order chi connectivity index (χ0) is 13.3. The summed E-state index contributed by atoms with van der Waals surface area (Å²) in [5.74, 6) is 0.258. The average molecular weight is 246 g/mol. The number of ether oxygens (including phenoxy) is 2. The summed E-state index contributed by atoms with van der Waals surface area (Å²) in [4.78, 5) is 11.6. The van der Waals surface area contributed by atoms with Gasteiger partial charge in [0.05, 0.1) is 12.6 Å². The second-order valence-electron chi connectivity index (χ2n) is 4.32. The number of amides is 1. The van der Waals surface area contributed by atoms with E-state index in [0.717, 1.165) is 0 Å². The zero-order valence-electron chi connectivity index (χ0n) is 11.4. The van der Waals surface area contributed by atoms with Crippen molar-refractivity contribution in [3.05, 3.63) is 0 Å². The molecule has 0 saturated carbocycles. The van der Waals surface area contributed by atoms with Gasteiger partial charge in [-0.1, -0.05) is 13.8 Å². The molecule has 0 aromatic heterocycles. The fraction of sp³-hybridized carbons (Fsp3) is 0.917. The highest BCUT2D eigenvalue weighted by atomic mass is 16.7. The molecule has 5 nitrogen and oxygen atoms in total. The standard InChI is InChI=1S/C12H26N2O3/c1-5-16-11(17-6-2)8-14-12(15)10(13)7-9(3)4/h9-11H,5-8,13H2,1-4H3,(H,14,15)/t10-/m1/s1. The molecule has 5 heteroatoms. The first-order valence-electron chi connectivity index (χ1n) is 6.27. The van der Waals surface area contributed by atoms with Gasteiger partial charge < -0.3 is 20.5 Å². The van der Waals surface area contributed by atoms with Crippen molar-refractivity contribution in [1.82, 2.24) is 5.32 Å². The molecule has 0 aliphatic rings. The summed E-state index contributed by atoms with van der Waals surface area (Å²) in [6.45, 7) is 9.30. The van der Waals surface area contributed by atoms with Crippen LogP contribution in [0.2, 0.25) is 0 Å². The second kappa shape index (κ2) is 9.39. The van der Waals surface area contributed by atoms with Gasteiger partial charge in [-0.25, -0.2) is 0 Å². The Balaban J connectivity index is 3.93. The lowest BCUT2D eigenvalue weighted by atomic mass is 10.0. The molecule has 102 valence electrons. The van der Waals surface area contributed by atoms with Gasteiger partial charge in [0, 0.05) is 13.2 Å². The van der Waals surface area contributed by atoms with Crippen LogP contribution in [0.15, 0.2) is 0 Å². The van der Waals surface area contributed by atoms with Crippen molar-refractivity contribution < 1.29 is 14.3 Å². The minimum absolute atomic E-state index is 0.150. The van der Waals surface area contributed by atoms with Crippen LogP contribution in [0.5, 0.6) is 0 Å². The van der Waals surface area contributed by atoms with Crippen molar-refractivity contribution in [3.8, 4) is 0 Å². The third kappa shape index (κ3) is 8.12. The quantitative estimate of drug-likeness (QED) is 0.592. The fourth-order valence-electron chi connectivity index (χ4n) is 1.47. The number of nitrogens with one attached hydrogen (secondary N) is 1. The van der Waals surface area contributed by atoms with E-state index in [1.807, 2.05) is 27.7 Å². The molecular weight excluding hydrogens is 220 g/mol. The van der Waals surface area contributed by atoms with Crippen LogP contribution in [0, 0.1) is 5.92 Å². The smallest absolute Gasteiger partial charge is 0.237 e. The molecule has 17 heavy (non-hydrogen) atoms. The lowest BCUT2D eigenvalue weighted by Crippen LogP contribution is -2.45. The molecule has 0 rings (SSSR count). The first-order chi connectivity index (χ1) is 8.01. The fourth-order valence-corrected chi connectivity index (χ4v) is 1.47. The molecule has 0 spiro atoms. The van der Waals surface area contributed by atoms with E-state index < -0.39 is 6.04 Å². The number of carbonyl (C=O) groups is 1. The van der Waals surface area contributed by atoms with E-state index in [4.69, 9.17) is 15.2 Å². The molecule has 0 heterocycles. The normalized spacial score (nSPS) is 13.1. The highest BCUT2D eigenvalue weighted by Gasteiger charge is 2.16. The van der Waals surface area contributed by atoms with Crippen LogP contribution in [0.25, 0.3) is 0 Å². The van der Waals surface area contributed by atoms with E-state index in [1.54, 1.807) is 0 Å². The van der Waals surface area contributed by atoms with E-state index in [1.165, 1.54) is 0 Å². The van der Waals surface area contributed by atoms with Gasteiger partial charge in [-0.2, -0.15) is 0 Å². The minimum Gasteiger partial charge on any atom is -0.351 e. The van der Waals surface area contributed by atoms with E-state index in [-0.39, 0.29) is 12.2 Å². The SMILES string of the molecule is CCOC(CNC(=O)[C@H](N)CC(C)C)OCC. The van der Waals surface area contributed by atoms with Gasteiger partial charge in [-0.05, 0) is 26.2 Å². The van der Waals surface area contributed by atoms with Gasteiger partial charge in [0.25, 0.3) is 0 Å². The monoisotopic (exact) mass is 246 g/mol. The van der Waals surface area contributed by atoms with Gasteiger partial charge in [-0.15, -0.1) is 0 Å². The lowest BCUT2D eigenvalue weighted by Gasteiger charge is -2.19.